The van der Waals surface area contributed by atoms with Gasteiger partial charge in [0.15, 0.2) is 0 Å². The molecule has 2 aromatic rings. The van der Waals surface area contributed by atoms with Gasteiger partial charge in [-0.15, -0.1) is 11.3 Å². The van der Waals surface area contributed by atoms with E-state index in [1.165, 1.54) is 11.3 Å². The van der Waals surface area contributed by atoms with E-state index >= 15 is 0 Å². The molecule has 6 heteroatoms. The summed E-state index contributed by atoms with van der Waals surface area (Å²) in [5.74, 6) is -0.163. The lowest BCUT2D eigenvalue weighted by atomic mass is 10.2. The molecule has 0 bridgehead atoms. The van der Waals surface area contributed by atoms with Crippen LogP contribution in [0.2, 0.25) is 0 Å². The molecule has 0 fully saturated rings. The van der Waals surface area contributed by atoms with Crippen LogP contribution in [0.15, 0.2) is 34.8 Å². The summed E-state index contributed by atoms with van der Waals surface area (Å²) in [6.07, 6.45) is 0. The Bertz CT molecular complexity index is 682. The largest absolute Gasteiger partial charge is 0.397 e. The van der Waals surface area contributed by atoms with Crippen molar-refractivity contribution in [1.29, 1.82) is 0 Å². The monoisotopic (exact) mass is 368 g/mol. The second kappa shape index (κ2) is 7.06. The lowest BCUT2D eigenvalue weighted by Crippen LogP contribution is -2.27. The Hall–Kier alpha value is -1.37. The summed E-state index contributed by atoms with van der Waals surface area (Å²) in [5.41, 5.74) is 7.55. The smallest absolute Gasteiger partial charge is 0.263 e. The quantitative estimate of drug-likeness (QED) is 0.604. The van der Waals surface area contributed by atoms with E-state index in [1.807, 2.05) is 25.1 Å². The van der Waals surface area contributed by atoms with Gasteiger partial charge in [0, 0.05) is 21.1 Å². The van der Waals surface area contributed by atoms with Crippen LogP contribution in [0.5, 0.6) is 0 Å². The Kier molecular flexibility index (Phi) is 5.39. The number of rotatable bonds is 6. The van der Waals surface area contributed by atoms with Crippen molar-refractivity contribution in [3.05, 3.63) is 39.7 Å². The van der Waals surface area contributed by atoms with Crippen LogP contribution >= 0.6 is 27.3 Å². The summed E-state index contributed by atoms with van der Waals surface area (Å²) < 4.78 is 7.28. The number of ether oxygens (including phenoxy) is 1. The zero-order chi connectivity index (χ0) is 15.4. The molecular weight excluding hydrogens is 352 g/mol. The molecule has 2 rings (SSSR count). The van der Waals surface area contributed by atoms with Crippen molar-refractivity contribution in [1.82, 2.24) is 5.32 Å². The van der Waals surface area contributed by atoms with E-state index < -0.39 is 0 Å². The minimum Gasteiger partial charge on any atom is -0.397 e. The molecule has 0 spiro atoms. The fourth-order valence-corrected chi connectivity index (χ4v) is 3.20. The molecule has 4 nitrogen and oxygen atoms in total. The zero-order valence-corrected chi connectivity index (χ0v) is 14.1. The van der Waals surface area contributed by atoms with Crippen molar-refractivity contribution in [3.63, 3.8) is 0 Å². The number of nitrogens with two attached hydrogens (primary N) is 1. The first-order valence-electron chi connectivity index (χ1n) is 6.47. The Morgan fingerprint density at radius 2 is 2.29 bits per heavy atom. The molecule has 0 unspecified atom stereocenters. The van der Waals surface area contributed by atoms with Crippen molar-refractivity contribution < 1.29 is 9.53 Å². The molecule has 1 aromatic heterocycles. The normalized spacial score (nSPS) is 10.8. The second-order valence-corrected chi connectivity index (χ2v) is 6.72. The molecule has 0 aliphatic rings. The first-order valence-corrected chi connectivity index (χ1v) is 8.08. The number of halogens is 1. The van der Waals surface area contributed by atoms with Gasteiger partial charge < -0.3 is 15.8 Å². The molecule has 21 heavy (non-hydrogen) atoms. The third kappa shape index (κ3) is 4.06. The highest BCUT2D eigenvalue weighted by Gasteiger charge is 2.16. The number of carbonyl (C=O) groups excluding carboxylic acids is 1. The molecule has 0 saturated heterocycles. The fraction of sp³-hybridized carbons (Fsp3) is 0.267. The Labute approximate surface area is 136 Å². The van der Waals surface area contributed by atoms with E-state index in [0.29, 0.717) is 30.3 Å². The van der Waals surface area contributed by atoms with Crippen molar-refractivity contribution in [2.45, 2.75) is 6.92 Å². The number of fused-ring (bicyclic) bond motifs is 1. The molecule has 3 N–H and O–H groups in total. The molecule has 0 aliphatic carbocycles. The van der Waals surface area contributed by atoms with Crippen molar-refractivity contribution in [2.24, 2.45) is 0 Å². The maximum absolute atomic E-state index is 12.2. The van der Waals surface area contributed by atoms with E-state index in [4.69, 9.17) is 10.5 Å². The summed E-state index contributed by atoms with van der Waals surface area (Å²) in [5, 5.41) is 3.72. The molecule has 1 amide bonds. The summed E-state index contributed by atoms with van der Waals surface area (Å²) in [4.78, 5) is 12.7. The first kappa shape index (κ1) is 16.0. The molecule has 1 aromatic carbocycles. The topological polar surface area (TPSA) is 64.3 Å². The lowest BCUT2D eigenvalue weighted by molar-refractivity contribution is 0.0931. The first-order chi connectivity index (χ1) is 9.99. The molecule has 0 aliphatic heterocycles. The summed E-state index contributed by atoms with van der Waals surface area (Å²) >= 11 is 4.81. The van der Waals surface area contributed by atoms with Gasteiger partial charge >= 0.3 is 0 Å². The van der Waals surface area contributed by atoms with E-state index in [2.05, 4.69) is 27.8 Å². The Balaban J connectivity index is 1.99. The van der Waals surface area contributed by atoms with Crippen molar-refractivity contribution in [2.75, 3.05) is 25.5 Å². The third-order valence-corrected chi connectivity index (χ3v) is 4.45. The number of nitrogens with one attached hydrogen (secondary N) is 1. The molecule has 0 radical (unpaired) electrons. The maximum Gasteiger partial charge on any atom is 0.263 e. The van der Waals surface area contributed by atoms with Gasteiger partial charge in [0.1, 0.15) is 4.88 Å². The van der Waals surface area contributed by atoms with E-state index in [0.717, 1.165) is 20.1 Å². The zero-order valence-electron chi connectivity index (χ0n) is 11.7. The van der Waals surface area contributed by atoms with Crippen LogP contribution in [0.1, 0.15) is 16.6 Å². The molecule has 0 atom stereocenters. The van der Waals surface area contributed by atoms with Crippen LogP contribution < -0.4 is 11.1 Å². The van der Waals surface area contributed by atoms with Crippen molar-refractivity contribution >= 4 is 48.9 Å². The van der Waals surface area contributed by atoms with Gasteiger partial charge in [-0.05, 0) is 25.1 Å². The number of nitrogen functional groups attached to an aromatic ring is 1. The van der Waals surface area contributed by atoms with Gasteiger partial charge in [-0.2, -0.15) is 0 Å². The fourth-order valence-electron chi connectivity index (χ4n) is 1.82. The predicted molar refractivity (Wildman–Crippen MR) is 91.9 cm³/mol. The standard InChI is InChI=1S/C15H17BrN2O2S/c1-9(2)8-20-6-5-18-15(19)14-13(17)11-7-10(16)3-4-12(11)21-14/h3-4,7H,1,5-6,8,17H2,2H3,(H,18,19). The average molecular weight is 369 g/mol. The minimum absolute atomic E-state index is 0.163. The van der Waals surface area contributed by atoms with E-state index in [9.17, 15) is 4.79 Å². The Morgan fingerprint density at radius 1 is 1.52 bits per heavy atom. The van der Waals surface area contributed by atoms with Crippen LogP contribution in [0.4, 0.5) is 5.69 Å². The maximum atomic E-state index is 12.2. The lowest BCUT2D eigenvalue weighted by Gasteiger charge is -2.05. The highest BCUT2D eigenvalue weighted by Crippen LogP contribution is 2.35. The number of anilines is 1. The number of amides is 1. The number of hydrogen-bond acceptors (Lipinski definition) is 4. The highest BCUT2D eigenvalue weighted by molar-refractivity contribution is 9.10. The van der Waals surface area contributed by atoms with Gasteiger partial charge in [0.05, 0.1) is 18.9 Å². The highest BCUT2D eigenvalue weighted by atomic mass is 79.9. The van der Waals surface area contributed by atoms with Crippen LogP contribution in [-0.4, -0.2) is 25.7 Å². The SMILES string of the molecule is C=C(C)COCCNC(=O)c1sc2ccc(Br)cc2c1N. The van der Waals surface area contributed by atoms with Crippen LogP contribution in [0.25, 0.3) is 10.1 Å². The van der Waals surface area contributed by atoms with Crippen molar-refractivity contribution in [3.8, 4) is 0 Å². The predicted octanol–water partition coefficient (Wildman–Crippen LogP) is 3.57. The summed E-state index contributed by atoms with van der Waals surface area (Å²) in [7, 11) is 0. The average Bonchev–Trinajstić information content (AvgIpc) is 2.75. The number of benzene rings is 1. The third-order valence-electron chi connectivity index (χ3n) is 2.78. The number of hydrogen-bond donors (Lipinski definition) is 2. The van der Waals surface area contributed by atoms with Gasteiger partial charge in [-0.3, -0.25) is 4.79 Å². The van der Waals surface area contributed by atoms with Crippen LogP contribution in [0, 0.1) is 0 Å². The van der Waals surface area contributed by atoms with E-state index in [-0.39, 0.29) is 5.91 Å². The second-order valence-electron chi connectivity index (χ2n) is 4.75. The Morgan fingerprint density at radius 3 is 3.00 bits per heavy atom. The van der Waals surface area contributed by atoms with Gasteiger partial charge in [0.2, 0.25) is 0 Å². The van der Waals surface area contributed by atoms with Gasteiger partial charge in [-0.25, -0.2) is 0 Å². The van der Waals surface area contributed by atoms with Gasteiger partial charge in [0.25, 0.3) is 5.91 Å². The summed E-state index contributed by atoms with van der Waals surface area (Å²) in [6.45, 7) is 7.05. The minimum atomic E-state index is -0.163. The van der Waals surface area contributed by atoms with E-state index in [1.54, 1.807) is 0 Å². The molecule has 0 saturated carbocycles. The van der Waals surface area contributed by atoms with Crippen LogP contribution in [0.3, 0.4) is 0 Å². The van der Waals surface area contributed by atoms with Gasteiger partial charge in [-0.1, -0.05) is 28.1 Å². The number of carbonyl (C=O) groups is 1. The number of thiophene rings is 1. The molecule has 1 heterocycles. The molecule has 112 valence electrons. The van der Waals surface area contributed by atoms with Crippen LogP contribution in [-0.2, 0) is 4.74 Å². The summed E-state index contributed by atoms with van der Waals surface area (Å²) in [6, 6.07) is 5.81. The molecular formula is C15H17BrN2O2S.